The molecule has 82 valence electrons. The van der Waals surface area contributed by atoms with Gasteiger partial charge in [0.05, 0.1) is 13.2 Å². The van der Waals surface area contributed by atoms with Crippen LogP contribution in [0.15, 0.2) is 0 Å². The fourth-order valence-electron chi connectivity index (χ4n) is 2.17. The first kappa shape index (κ1) is 10.4. The fourth-order valence-corrected chi connectivity index (χ4v) is 2.17. The molecule has 0 aromatic carbocycles. The molecule has 3 heteroatoms. The van der Waals surface area contributed by atoms with Crippen molar-refractivity contribution in [3.63, 3.8) is 0 Å². The summed E-state index contributed by atoms with van der Waals surface area (Å²) >= 11 is 0. The number of rotatable bonds is 5. The third-order valence-corrected chi connectivity index (χ3v) is 3.15. The number of hydrogen-bond donors (Lipinski definition) is 1. The minimum atomic E-state index is 0.560. The van der Waals surface area contributed by atoms with Gasteiger partial charge in [-0.25, -0.2) is 0 Å². The van der Waals surface area contributed by atoms with Crippen molar-refractivity contribution in [1.82, 2.24) is 5.32 Å². The molecule has 2 fully saturated rings. The Balaban J connectivity index is 1.73. The van der Waals surface area contributed by atoms with E-state index in [9.17, 15) is 0 Å². The highest BCUT2D eigenvalue weighted by atomic mass is 16.5. The van der Waals surface area contributed by atoms with E-state index in [-0.39, 0.29) is 0 Å². The molecule has 0 bridgehead atoms. The molecule has 0 radical (unpaired) electrons. The minimum Gasteiger partial charge on any atom is -0.383 e. The number of methoxy groups -OCH3 is 1. The summed E-state index contributed by atoms with van der Waals surface area (Å²) in [6.07, 6.45) is 5.19. The Hall–Kier alpha value is -0.120. The lowest BCUT2D eigenvalue weighted by atomic mass is 10.1. The molecule has 0 spiro atoms. The van der Waals surface area contributed by atoms with Crippen LogP contribution in [-0.4, -0.2) is 39.0 Å². The summed E-state index contributed by atoms with van der Waals surface area (Å²) in [7, 11) is 1.79. The van der Waals surface area contributed by atoms with E-state index in [2.05, 4.69) is 5.32 Å². The Morgan fingerprint density at radius 1 is 1.43 bits per heavy atom. The van der Waals surface area contributed by atoms with Crippen LogP contribution in [0.5, 0.6) is 0 Å². The van der Waals surface area contributed by atoms with Crippen molar-refractivity contribution in [2.75, 3.05) is 26.9 Å². The Bertz CT molecular complexity index is 165. The summed E-state index contributed by atoms with van der Waals surface area (Å²) < 4.78 is 10.7. The van der Waals surface area contributed by atoms with Crippen molar-refractivity contribution >= 4 is 0 Å². The number of nitrogens with one attached hydrogen (secondary N) is 1. The second-order valence-electron chi connectivity index (χ2n) is 4.48. The Labute approximate surface area is 86.2 Å². The molecule has 2 aliphatic rings. The predicted octanol–water partition coefficient (Wildman–Crippen LogP) is 1.18. The van der Waals surface area contributed by atoms with Crippen LogP contribution in [0, 0.1) is 5.92 Å². The molecular formula is C11H21NO2. The van der Waals surface area contributed by atoms with E-state index in [1.54, 1.807) is 7.11 Å². The molecular weight excluding hydrogens is 178 g/mol. The SMILES string of the molecule is COCC(NC1CCCOC1)C1CC1. The average Bonchev–Trinajstić information content (AvgIpc) is 3.02. The first-order chi connectivity index (χ1) is 6.90. The van der Waals surface area contributed by atoms with E-state index >= 15 is 0 Å². The van der Waals surface area contributed by atoms with Crippen LogP contribution < -0.4 is 5.32 Å². The summed E-state index contributed by atoms with van der Waals surface area (Å²) in [5.41, 5.74) is 0. The zero-order valence-electron chi connectivity index (χ0n) is 9.00. The van der Waals surface area contributed by atoms with Gasteiger partial charge in [0.2, 0.25) is 0 Å². The monoisotopic (exact) mass is 199 g/mol. The number of ether oxygens (including phenoxy) is 2. The lowest BCUT2D eigenvalue weighted by molar-refractivity contribution is 0.0572. The lowest BCUT2D eigenvalue weighted by Crippen LogP contribution is -2.46. The molecule has 0 amide bonds. The van der Waals surface area contributed by atoms with Crippen molar-refractivity contribution in [2.45, 2.75) is 37.8 Å². The third-order valence-electron chi connectivity index (χ3n) is 3.15. The van der Waals surface area contributed by atoms with E-state index in [1.165, 1.54) is 25.7 Å². The van der Waals surface area contributed by atoms with E-state index in [4.69, 9.17) is 9.47 Å². The molecule has 1 aliphatic heterocycles. The summed E-state index contributed by atoms with van der Waals surface area (Å²) in [6.45, 7) is 2.67. The molecule has 2 atom stereocenters. The molecule has 1 saturated heterocycles. The van der Waals surface area contributed by atoms with Crippen LogP contribution in [0.4, 0.5) is 0 Å². The van der Waals surface area contributed by atoms with Crippen molar-refractivity contribution in [3.05, 3.63) is 0 Å². The maximum atomic E-state index is 5.46. The van der Waals surface area contributed by atoms with Gasteiger partial charge in [0.25, 0.3) is 0 Å². The van der Waals surface area contributed by atoms with Gasteiger partial charge in [-0.1, -0.05) is 0 Å². The van der Waals surface area contributed by atoms with E-state index in [1.807, 2.05) is 0 Å². The molecule has 1 N–H and O–H groups in total. The van der Waals surface area contributed by atoms with E-state index in [0.717, 1.165) is 25.7 Å². The van der Waals surface area contributed by atoms with Crippen molar-refractivity contribution < 1.29 is 9.47 Å². The van der Waals surface area contributed by atoms with Crippen LogP contribution in [0.2, 0.25) is 0 Å². The lowest BCUT2D eigenvalue weighted by Gasteiger charge is -2.28. The number of hydrogen-bond acceptors (Lipinski definition) is 3. The van der Waals surface area contributed by atoms with Crippen molar-refractivity contribution in [2.24, 2.45) is 5.92 Å². The largest absolute Gasteiger partial charge is 0.383 e. The van der Waals surface area contributed by atoms with Gasteiger partial charge in [-0.15, -0.1) is 0 Å². The zero-order valence-corrected chi connectivity index (χ0v) is 9.00. The first-order valence-corrected chi connectivity index (χ1v) is 5.73. The Morgan fingerprint density at radius 2 is 2.29 bits per heavy atom. The van der Waals surface area contributed by atoms with Crippen molar-refractivity contribution in [3.8, 4) is 0 Å². The highest BCUT2D eigenvalue weighted by Gasteiger charge is 2.32. The Morgan fingerprint density at radius 3 is 2.86 bits per heavy atom. The van der Waals surface area contributed by atoms with Crippen LogP contribution in [0.3, 0.4) is 0 Å². The standard InChI is InChI=1S/C11H21NO2/c1-13-8-11(9-4-5-9)12-10-3-2-6-14-7-10/h9-12H,2-8H2,1H3. The Kier molecular flexibility index (Phi) is 3.79. The first-order valence-electron chi connectivity index (χ1n) is 5.73. The normalized spacial score (nSPS) is 30.2. The van der Waals surface area contributed by atoms with Gasteiger partial charge >= 0.3 is 0 Å². The summed E-state index contributed by atoms with van der Waals surface area (Å²) in [6, 6.07) is 1.12. The predicted molar refractivity (Wildman–Crippen MR) is 55.4 cm³/mol. The van der Waals surface area contributed by atoms with Gasteiger partial charge < -0.3 is 14.8 Å². The van der Waals surface area contributed by atoms with Crippen LogP contribution in [0.25, 0.3) is 0 Å². The molecule has 1 aliphatic carbocycles. The molecule has 3 nitrogen and oxygen atoms in total. The topological polar surface area (TPSA) is 30.5 Å². The molecule has 1 heterocycles. The van der Waals surface area contributed by atoms with Crippen LogP contribution >= 0.6 is 0 Å². The van der Waals surface area contributed by atoms with Crippen LogP contribution in [0.1, 0.15) is 25.7 Å². The maximum Gasteiger partial charge on any atom is 0.0619 e. The molecule has 0 aromatic heterocycles. The zero-order chi connectivity index (χ0) is 9.80. The second-order valence-corrected chi connectivity index (χ2v) is 4.48. The van der Waals surface area contributed by atoms with Crippen LogP contribution in [-0.2, 0) is 9.47 Å². The smallest absolute Gasteiger partial charge is 0.0619 e. The van der Waals surface area contributed by atoms with Gasteiger partial charge in [-0.2, -0.15) is 0 Å². The quantitative estimate of drug-likeness (QED) is 0.721. The summed E-state index contributed by atoms with van der Waals surface area (Å²) in [4.78, 5) is 0. The van der Waals surface area contributed by atoms with E-state index < -0.39 is 0 Å². The van der Waals surface area contributed by atoms with Gasteiger partial charge in [0.1, 0.15) is 0 Å². The van der Waals surface area contributed by atoms with Gasteiger partial charge in [0.15, 0.2) is 0 Å². The summed E-state index contributed by atoms with van der Waals surface area (Å²) in [5.74, 6) is 0.858. The fraction of sp³-hybridized carbons (Fsp3) is 1.00. The summed E-state index contributed by atoms with van der Waals surface area (Å²) in [5, 5.41) is 3.67. The minimum absolute atomic E-state index is 0.560. The molecule has 1 saturated carbocycles. The highest BCUT2D eigenvalue weighted by molar-refractivity contribution is 4.88. The van der Waals surface area contributed by atoms with E-state index in [0.29, 0.717) is 12.1 Å². The third kappa shape index (κ3) is 2.94. The van der Waals surface area contributed by atoms with Gasteiger partial charge in [-0.05, 0) is 31.6 Å². The average molecular weight is 199 g/mol. The van der Waals surface area contributed by atoms with Gasteiger partial charge in [-0.3, -0.25) is 0 Å². The molecule has 0 aromatic rings. The highest BCUT2D eigenvalue weighted by Crippen LogP contribution is 2.33. The second kappa shape index (κ2) is 5.10. The molecule has 2 unspecified atom stereocenters. The molecule has 2 rings (SSSR count). The van der Waals surface area contributed by atoms with Crippen molar-refractivity contribution in [1.29, 1.82) is 0 Å². The van der Waals surface area contributed by atoms with Gasteiger partial charge in [0, 0.05) is 25.8 Å². The maximum absolute atomic E-state index is 5.46. The molecule has 14 heavy (non-hydrogen) atoms.